The fourth-order valence-corrected chi connectivity index (χ4v) is 2.42. The van der Waals surface area contributed by atoms with E-state index < -0.39 is 0 Å². The summed E-state index contributed by atoms with van der Waals surface area (Å²) in [5.74, 6) is 0.468. The number of aliphatic hydroxyl groups excluding tert-OH is 1. The molecule has 0 aliphatic carbocycles. The molecule has 14 heavy (non-hydrogen) atoms. The van der Waals surface area contributed by atoms with Crippen molar-refractivity contribution in [1.29, 1.82) is 0 Å². The van der Waals surface area contributed by atoms with Crippen molar-refractivity contribution in [2.75, 3.05) is 26.3 Å². The third kappa shape index (κ3) is 2.27. The minimum Gasteiger partial charge on any atom is -0.392 e. The Morgan fingerprint density at radius 1 is 1.36 bits per heavy atom. The second-order valence-corrected chi connectivity index (χ2v) is 4.70. The van der Waals surface area contributed by atoms with E-state index in [1.807, 2.05) is 0 Å². The highest BCUT2D eigenvalue weighted by Gasteiger charge is 2.29. The molecule has 0 radical (unpaired) electrons. The topological polar surface area (TPSA) is 32.7 Å². The summed E-state index contributed by atoms with van der Waals surface area (Å²) in [6.45, 7) is 5.89. The smallest absolute Gasteiger partial charge is 0.0693 e. The normalized spacial score (nSPS) is 41.1. The molecule has 3 atom stereocenters. The maximum atomic E-state index is 9.80. The number of aliphatic hydroxyl groups is 1. The zero-order chi connectivity index (χ0) is 9.97. The summed E-state index contributed by atoms with van der Waals surface area (Å²) in [5, 5.41) is 9.80. The van der Waals surface area contributed by atoms with Crippen LogP contribution in [0.4, 0.5) is 0 Å². The van der Waals surface area contributed by atoms with Gasteiger partial charge in [-0.15, -0.1) is 0 Å². The van der Waals surface area contributed by atoms with Crippen LogP contribution in [0.1, 0.15) is 26.2 Å². The lowest BCUT2D eigenvalue weighted by Gasteiger charge is -2.40. The first-order valence-electron chi connectivity index (χ1n) is 5.77. The van der Waals surface area contributed by atoms with E-state index in [0.717, 1.165) is 32.7 Å². The summed E-state index contributed by atoms with van der Waals surface area (Å²) in [6.07, 6.45) is 3.40. The third-order valence-electron chi connectivity index (χ3n) is 3.60. The second kappa shape index (κ2) is 4.60. The van der Waals surface area contributed by atoms with E-state index in [4.69, 9.17) is 4.74 Å². The minimum atomic E-state index is -0.134. The van der Waals surface area contributed by atoms with Gasteiger partial charge in [-0.3, -0.25) is 4.90 Å². The zero-order valence-electron chi connectivity index (χ0n) is 8.98. The molecule has 0 spiro atoms. The van der Waals surface area contributed by atoms with Crippen LogP contribution >= 0.6 is 0 Å². The van der Waals surface area contributed by atoms with Gasteiger partial charge in [0.05, 0.1) is 12.7 Å². The molecule has 3 nitrogen and oxygen atoms in total. The van der Waals surface area contributed by atoms with Gasteiger partial charge < -0.3 is 9.84 Å². The number of likely N-dealkylation sites (tertiary alicyclic amines) is 1. The predicted octanol–water partition coefficient (Wildman–Crippen LogP) is 0.868. The van der Waals surface area contributed by atoms with E-state index in [0.29, 0.717) is 12.0 Å². The number of nitrogens with zero attached hydrogens (tertiary/aromatic N) is 1. The number of rotatable bonds is 1. The molecule has 0 aromatic carbocycles. The highest BCUT2D eigenvalue weighted by Crippen LogP contribution is 2.22. The standard InChI is InChI=1S/C11H21NO2/c1-9-4-5-12(7-11(9)13)10-3-2-6-14-8-10/h9-11,13H,2-8H2,1H3. The van der Waals surface area contributed by atoms with E-state index in [-0.39, 0.29) is 6.10 Å². The van der Waals surface area contributed by atoms with Crippen LogP contribution in [0, 0.1) is 5.92 Å². The van der Waals surface area contributed by atoms with Gasteiger partial charge in [0.25, 0.3) is 0 Å². The van der Waals surface area contributed by atoms with Crippen LogP contribution in [0.25, 0.3) is 0 Å². The van der Waals surface area contributed by atoms with Crippen molar-refractivity contribution < 1.29 is 9.84 Å². The molecular formula is C11H21NO2. The molecular weight excluding hydrogens is 178 g/mol. The monoisotopic (exact) mass is 199 g/mol. The summed E-state index contributed by atoms with van der Waals surface area (Å²) in [5.41, 5.74) is 0. The van der Waals surface area contributed by atoms with Gasteiger partial charge in [-0.2, -0.15) is 0 Å². The summed E-state index contributed by atoms with van der Waals surface area (Å²) in [4.78, 5) is 2.41. The Bertz CT molecular complexity index is 180. The van der Waals surface area contributed by atoms with E-state index in [1.54, 1.807) is 0 Å². The molecule has 1 N–H and O–H groups in total. The lowest BCUT2D eigenvalue weighted by Crippen LogP contribution is -2.50. The van der Waals surface area contributed by atoms with Crippen LogP contribution in [0.3, 0.4) is 0 Å². The maximum absolute atomic E-state index is 9.80. The molecule has 82 valence electrons. The van der Waals surface area contributed by atoms with Crippen molar-refractivity contribution >= 4 is 0 Å². The number of ether oxygens (including phenoxy) is 1. The number of hydrogen-bond acceptors (Lipinski definition) is 3. The summed E-state index contributed by atoms with van der Waals surface area (Å²) >= 11 is 0. The Hall–Kier alpha value is -0.120. The van der Waals surface area contributed by atoms with Crippen molar-refractivity contribution in [2.24, 2.45) is 5.92 Å². The van der Waals surface area contributed by atoms with Crippen molar-refractivity contribution in [3.63, 3.8) is 0 Å². The van der Waals surface area contributed by atoms with Crippen molar-refractivity contribution in [3.05, 3.63) is 0 Å². The average molecular weight is 199 g/mol. The van der Waals surface area contributed by atoms with Crippen LogP contribution < -0.4 is 0 Å². The zero-order valence-corrected chi connectivity index (χ0v) is 8.98. The molecule has 2 fully saturated rings. The molecule has 0 amide bonds. The Morgan fingerprint density at radius 2 is 2.21 bits per heavy atom. The summed E-state index contributed by atoms with van der Waals surface area (Å²) in [7, 11) is 0. The molecule has 0 aromatic rings. The molecule has 2 heterocycles. The van der Waals surface area contributed by atoms with Crippen LogP contribution in [-0.2, 0) is 4.74 Å². The maximum Gasteiger partial charge on any atom is 0.0693 e. The quantitative estimate of drug-likeness (QED) is 0.680. The molecule has 3 unspecified atom stereocenters. The summed E-state index contributed by atoms with van der Waals surface area (Å²) in [6, 6.07) is 0.561. The van der Waals surface area contributed by atoms with E-state index in [1.165, 1.54) is 12.8 Å². The molecule has 0 aromatic heterocycles. The lowest BCUT2D eigenvalue weighted by atomic mass is 9.94. The average Bonchev–Trinajstić information content (AvgIpc) is 2.23. The van der Waals surface area contributed by atoms with Gasteiger partial charge in [0.2, 0.25) is 0 Å². The Labute approximate surface area is 86.0 Å². The van der Waals surface area contributed by atoms with Crippen molar-refractivity contribution in [2.45, 2.75) is 38.3 Å². The first-order chi connectivity index (χ1) is 6.77. The number of piperidine rings is 1. The second-order valence-electron chi connectivity index (χ2n) is 4.70. The molecule has 2 aliphatic rings. The Morgan fingerprint density at radius 3 is 2.86 bits per heavy atom. The molecule has 2 saturated heterocycles. The Balaban J connectivity index is 1.85. The van der Waals surface area contributed by atoms with Gasteiger partial charge in [0, 0.05) is 19.2 Å². The number of β-amino-alcohol motifs (C(OH)–C–C–N with tert-alkyl or cyclic N) is 1. The van der Waals surface area contributed by atoms with Crippen LogP contribution in [0.5, 0.6) is 0 Å². The van der Waals surface area contributed by atoms with Crippen LogP contribution in [0.2, 0.25) is 0 Å². The van der Waals surface area contributed by atoms with Gasteiger partial charge in [-0.25, -0.2) is 0 Å². The summed E-state index contributed by atoms with van der Waals surface area (Å²) < 4.78 is 5.47. The molecule has 0 saturated carbocycles. The Kier molecular flexibility index (Phi) is 3.42. The first-order valence-corrected chi connectivity index (χ1v) is 5.77. The first kappa shape index (κ1) is 10.4. The van der Waals surface area contributed by atoms with E-state index >= 15 is 0 Å². The van der Waals surface area contributed by atoms with E-state index in [9.17, 15) is 5.11 Å². The van der Waals surface area contributed by atoms with Gasteiger partial charge in [0.1, 0.15) is 0 Å². The molecule has 0 bridgehead atoms. The van der Waals surface area contributed by atoms with Crippen molar-refractivity contribution in [3.8, 4) is 0 Å². The minimum absolute atomic E-state index is 0.134. The predicted molar refractivity (Wildman–Crippen MR) is 55.2 cm³/mol. The number of hydrogen-bond donors (Lipinski definition) is 1. The largest absolute Gasteiger partial charge is 0.392 e. The van der Waals surface area contributed by atoms with Gasteiger partial charge in [-0.05, 0) is 31.7 Å². The lowest BCUT2D eigenvalue weighted by molar-refractivity contribution is -0.0342. The van der Waals surface area contributed by atoms with Gasteiger partial charge >= 0.3 is 0 Å². The fraction of sp³-hybridized carbons (Fsp3) is 1.00. The van der Waals surface area contributed by atoms with Crippen LogP contribution in [0.15, 0.2) is 0 Å². The molecule has 2 aliphatic heterocycles. The molecule has 2 rings (SSSR count). The van der Waals surface area contributed by atoms with Gasteiger partial charge in [0.15, 0.2) is 0 Å². The van der Waals surface area contributed by atoms with Crippen molar-refractivity contribution in [1.82, 2.24) is 4.90 Å². The van der Waals surface area contributed by atoms with Gasteiger partial charge in [-0.1, -0.05) is 6.92 Å². The molecule has 3 heteroatoms. The van der Waals surface area contributed by atoms with Crippen LogP contribution in [-0.4, -0.2) is 48.5 Å². The highest BCUT2D eigenvalue weighted by molar-refractivity contribution is 4.83. The fourth-order valence-electron chi connectivity index (χ4n) is 2.42. The highest BCUT2D eigenvalue weighted by atomic mass is 16.5. The SMILES string of the molecule is CC1CCN(C2CCCOC2)CC1O. The van der Waals surface area contributed by atoms with E-state index in [2.05, 4.69) is 11.8 Å². The third-order valence-corrected chi connectivity index (χ3v) is 3.60.